The molecular formula is C8H18N2Si. The minimum absolute atomic E-state index is 0.607. The van der Waals surface area contributed by atoms with Crippen LogP contribution in [0.1, 0.15) is 13.3 Å². The number of nitrogens with zero attached hydrogens (tertiary/aromatic N) is 1. The maximum Gasteiger partial charge on any atom is 0.0635 e. The topological polar surface area (TPSA) is 35.8 Å². The minimum Gasteiger partial charge on any atom is -0.316 e. The molecule has 0 saturated carbocycles. The molecule has 3 heteroatoms. The van der Waals surface area contributed by atoms with Crippen LogP contribution in [0.3, 0.4) is 0 Å². The molecule has 0 heterocycles. The largest absolute Gasteiger partial charge is 0.316 e. The Labute approximate surface area is 70.6 Å². The zero-order valence-corrected chi connectivity index (χ0v) is 8.94. The van der Waals surface area contributed by atoms with Gasteiger partial charge >= 0.3 is 0 Å². The van der Waals surface area contributed by atoms with E-state index in [-0.39, 0.29) is 0 Å². The van der Waals surface area contributed by atoms with Crippen molar-refractivity contribution in [1.29, 1.82) is 5.26 Å². The van der Waals surface area contributed by atoms with Gasteiger partial charge in [-0.1, -0.05) is 26.6 Å². The van der Waals surface area contributed by atoms with Gasteiger partial charge in [-0.2, -0.15) is 5.26 Å². The molecular weight excluding hydrogens is 152 g/mol. The Morgan fingerprint density at radius 3 is 2.36 bits per heavy atom. The summed E-state index contributed by atoms with van der Waals surface area (Å²) in [6.45, 7) is 10.0. The van der Waals surface area contributed by atoms with Crippen LogP contribution in [0.15, 0.2) is 0 Å². The second kappa shape index (κ2) is 4.53. The van der Waals surface area contributed by atoms with E-state index in [9.17, 15) is 0 Å². The third kappa shape index (κ3) is 4.99. The zero-order valence-electron chi connectivity index (χ0n) is 7.94. The number of hydrogen-bond acceptors (Lipinski definition) is 2. The van der Waals surface area contributed by atoms with Gasteiger partial charge in [-0.3, -0.25) is 0 Å². The Morgan fingerprint density at radius 2 is 2.00 bits per heavy atom. The highest BCUT2D eigenvalue weighted by atomic mass is 28.3. The summed E-state index contributed by atoms with van der Waals surface area (Å²) in [7, 11) is -1.03. The third-order valence-corrected chi connectivity index (χ3v) is 4.79. The first-order valence-electron chi connectivity index (χ1n) is 4.09. The van der Waals surface area contributed by atoms with Gasteiger partial charge in [0.25, 0.3) is 0 Å². The second-order valence-corrected chi connectivity index (χ2v) is 9.55. The van der Waals surface area contributed by atoms with Crippen LogP contribution >= 0.6 is 0 Å². The van der Waals surface area contributed by atoms with Crippen molar-refractivity contribution in [2.75, 3.05) is 6.54 Å². The van der Waals surface area contributed by atoms with Crippen LogP contribution in [0.25, 0.3) is 0 Å². The van der Waals surface area contributed by atoms with Crippen molar-refractivity contribution in [1.82, 2.24) is 5.32 Å². The maximum absolute atomic E-state index is 8.30. The van der Waals surface area contributed by atoms with E-state index in [0.29, 0.717) is 12.1 Å². The lowest BCUT2D eigenvalue weighted by atomic mass is 10.5. The van der Waals surface area contributed by atoms with Crippen molar-refractivity contribution in [3.05, 3.63) is 0 Å². The predicted molar refractivity (Wildman–Crippen MR) is 51.0 cm³/mol. The Balaban J connectivity index is 3.55. The molecule has 0 radical (unpaired) electrons. The van der Waals surface area contributed by atoms with Crippen molar-refractivity contribution in [2.24, 2.45) is 0 Å². The molecule has 0 spiro atoms. The molecule has 0 rings (SSSR count). The fourth-order valence-corrected chi connectivity index (χ4v) is 1.41. The van der Waals surface area contributed by atoms with Crippen molar-refractivity contribution in [3.8, 4) is 6.07 Å². The second-order valence-electron chi connectivity index (χ2n) is 3.95. The minimum atomic E-state index is -1.03. The van der Waals surface area contributed by atoms with E-state index < -0.39 is 8.07 Å². The number of rotatable bonds is 4. The Bertz CT molecular complexity index is 143. The summed E-state index contributed by atoms with van der Waals surface area (Å²) in [6.07, 6.45) is 0.620. The lowest BCUT2D eigenvalue weighted by Gasteiger charge is -2.25. The van der Waals surface area contributed by atoms with Gasteiger partial charge in [-0.15, -0.1) is 0 Å². The van der Waals surface area contributed by atoms with E-state index in [1.54, 1.807) is 0 Å². The molecule has 1 unspecified atom stereocenters. The van der Waals surface area contributed by atoms with E-state index in [1.807, 2.05) is 0 Å². The molecule has 1 N–H and O–H groups in total. The van der Waals surface area contributed by atoms with Crippen LogP contribution in [-0.4, -0.2) is 20.3 Å². The van der Waals surface area contributed by atoms with E-state index in [1.165, 1.54) is 0 Å². The highest BCUT2D eigenvalue weighted by Gasteiger charge is 2.20. The maximum atomic E-state index is 8.30. The molecule has 0 fully saturated rings. The monoisotopic (exact) mass is 170 g/mol. The van der Waals surface area contributed by atoms with E-state index >= 15 is 0 Å². The summed E-state index contributed by atoms with van der Waals surface area (Å²) in [5, 5.41) is 11.7. The van der Waals surface area contributed by atoms with Gasteiger partial charge in [-0.05, 0) is 5.67 Å². The number of nitriles is 1. The summed E-state index contributed by atoms with van der Waals surface area (Å²) < 4.78 is 0. The van der Waals surface area contributed by atoms with Crippen LogP contribution in [-0.2, 0) is 0 Å². The molecule has 2 nitrogen and oxygen atoms in total. The molecule has 0 bridgehead atoms. The van der Waals surface area contributed by atoms with Crippen molar-refractivity contribution >= 4 is 8.07 Å². The normalized spacial score (nSPS) is 14.1. The molecule has 0 aliphatic heterocycles. The first kappa shape index (κ1) is 10.7. The van der Waals surface area contributed by atoms with Crippen LogP contribution in [0.2, 0.25) is 19.6 Å². The third-order valence-electron chi connectivity index (χ3n) is 1.99. The van der Waals surface area contributed by atoms with Crippen molar-refractivity contribution in [3.63, 3.8) is 0 Å². The Morgan fingerprint density at radius 1 is 1.45 bits per heavy atom. The fraction of sp³-hybridized carbons (Fsp3) is 0.875. The number of nitrogens with one attached hydrogen (secondary N) is 1. The average Bonchev–Trinajstić information content (AvgIpc) is 1.86. The molecule has 64 valence electrons. The van der Waals surface area contributed by atoms with Gasteiger partial charge in [0.1, 0.15) is 0 Å². The molecule has 1 atom stereocenters. The summed E-state index contributed by atoms with van der Waals surface area (Å²) in [4.78, 5) is 0. The molecule has 11 heavy (non-hydrogen) atoms. The summed E-state index contributed by atoms with van der Waals surface area (Å²) in [5.74, 6) is 0. The number of hydrogen-bond donors (Lipinski definition) is 1. The highest BCUT2D eigenvalue weighted by Crippen LogP contribution is 2.05. The molecule has 0 aromatic rings. The smallest absolute Gasteiger partial charge is 0.0635 e. The SMILES string of the molecule is CC(NCCC#N)[Si](C)(C)C. The standard InChI is InChI=1S/C8H18N2Si/c1-8(11(2,3)4)10-7-5-6-9/h8,10H,5,7H2,1-4H3. The van der Waals surface area contributed by atoms with E-state index in [0.717, 1.165) is 6.54 Å². The molecule has 0 aromatic heterocycles. The van der Waals surface area contributed by atoms with Gasteiger partial charge < -0.3 is 5.32 Å². The quantitative estimate of drug-likeness (QED) is 0.515. The van der Waals surface area contributed by atoms with Gasteiger partial charge in [-0.25, -0.2) is 0 Å². The van der Waals surface area contributed by atoms with Crippen LogP contribution in [0.5, 0.6) is 0 Å². The predicted octanol–water partition coefficient (Wildman–Crippen LogP) is 1.76. The fourth-order valence-electron chi connectivity index (χ4n) is 0.651. The summed E-state index contributed by atoms with van der Waals surface area (Å²) in [5.41, 5.74) is 0.607. The molecule has 0 amide bonds. The first-order valence-corrected chi connectivity index (χ1v) is 7.66. The van der Waals surface area contributed by atoms with Gasteiger partial charge in [0, 0.05) is 13.0 Å². The average molecular weight is 170 g/mol. The lowest BCUT2D eigenvalue weighted by molar-refractivity contribution is 0.666. The Hall–Kier alpha value is -0.333. The van der Waals surface area contributed by atoms with Gasteiger partial charge in [0.05, 0.1) is 14.1 Å². The van der Waals surface area contributed by atoms with E-state index in [4.69, 9.17) is 5.26 Å². The lowest BCUT2D eigenvalue weighted by Crippen LogP contribution is -2.46. The van der Waals surface area contributed by atoms with Crippen molar-refractivity contribution in [2.45, 2.75) is 38.7 Å². The molecule has 0 aromatic carbocycles. The van der Waals surface area contributed by atoms with Gasteiger partial charge in [0.15, 0.2) is 0 Å². The van der Waals surface area contributed by atoms with Crippen LogP contribution in [0.4, 0.5) is 0 Å². The van der Waals surface area contributed by atoms with Crippen LogP contribution < -0.4 is 5.32 Å². The van der Waals surface area contributed by atoms with E-state index in [2.05, 4.69) is 38.0 Å². The summed E-state index contributed by atoms with van der Waals surface area (Å²) >= 11 is 0. The van der Waals surface area contributed by atoms with Gasteiger partial charge in [0.2, 0.25) is 0 Å². The van der Waals surface area contributed by atoms with Crippen LogP contribution in [0, 0.1) is 11.3 Å². The zero-order chi connectivity index (χ0) is 8.91. The molecule has 0 aliphatic carbocycles. The molecule has 0 aliphatic rings. The summed E-state index contributed by atoms with van der Waals surface area (Å²) in [6, 6.07) is 2.13. The molecule has 0 saturated heterocycles. The highest BCUT2D eigenvalue weighted by molar-refractivity contribution is 6.77. The first-order chi connectivity index (χ1) is 4.98. The Kier molecular flexibility index (Phi) is 4.39. The van der Waals surface area contributed by atoms with Crippen molar-refractivity contribution < 1.29 is 0 Å².